The molecule has 1 aliphatic heterocycles. The third-order valence-corrected chi connectivity index (χ3v) is 7.57. The normalized spacial score (nSPS) is 17.9. The molecule has 0 N–H and O–H groups in total. The highest BCUT2D eigenvalue weighted by molar-refractivity contribution is 8.00. The van der Waals surface area contributed by atoms with Crippen molar-refractivity contribution in [1.29, 1.82) is 0 Å². The molecule has 1 saturated carbocycles. The van der Waals surface area contributed by atoms with Crippen LogP contribution >= 0.6 is 23.1 Å². The molecule has 3 heterocycles. The first kappa shape index (κ1) is 19.6. The maximum Gasteiger partial charge on any atom is 0.236 e. The molecule has 0 unspecified atom stereocenters. The van der Waals surface area contributed by atoms with Crippen LogP contribution < -0.4 is 4.90 Å². The minimum Gasteiger partial charge on any atom is -0.368 e. The lowest BCUT2D eigenvalue weighted by Crippen LogP contribution is -2.50. The van der Waals surface area contributed by atoms with Crippen molar-refractivity contribution in [2.24, 2.45) is 0 Å². The van der Waals surface area contributed by atoms with Gasteiger partial charge in [-0.1, -0.05) is 36.0 Å². The number of hydrogen-bond acceptors (Lipinski definition) is 6. The first-order valence-corrected chi connectivity index (χ1v) is 12.2. The molecule has 2 aromatic heterocycles. The third kappa shape index (κ3) is 3.98. The van der Waals surface area contributed by atoms with Crippen molar-refractivity contribution < 1.29 is 4.79 Å². The van der Waals surface area contributed by atoms with Gasteiger partial charge < -0.3 is 9.80 Å². The van der Waals surface area contributed by atoms with Gasteiger partial charge in [0.2, 0.25) is 5.91 Å². The molecule has 0 spiro atoms. The number of thiophene rings is 1. The number of nitrogens with zero attached hydrogens (tertiary/aromatic N) is 5. The topological polar surface area (TPSA) is 54.3 Å². The van der Waals surface area contributed by atoms with Gasteiger partial charge in [-0.3, -0.25) is 9.36 Å². The number of hydrogen-bond donors (Lipinski definition) is 0. The molecule has 1 saturated heterocycles. The molecule has 1 aromatic carbocycles. The standard InChI is InChI=1S/C22H25N5OS2/c1-16(21(28)26-13-11-25(12-14-26)17-6-3-2-4-7-17)30-22-24-23-20(19-8-5-15-29-19)27(22)18-9-10-18/h2-8,15-16,18H,9-14H2,1H3/t16-/m1/s1. The molecule has 5 rings (SSSR count). The van der Waals surface area contributed by atoms with E-state index < -0.39 is 0 Å². The number of anilines is 1. The lowest BCUT2D eigenvalue weighted by Gasteiger charge is -2.37. The first-order valence-electron chi connectivity index (χ1n) is 10.4. The fourth-order valence-corrected chi connectivity index (χ4v) is 5.59. The highest BCUT2D eigenvalue weighted by atomic mass is 32.2. The number of rotatable bonds is 6. The maximum atomic E-state index is 13.1. The second-order valence-electron chi connectivity index (χ2n) is 7.79. The molecule has 0 radical (unpaired) electrons. The summed E-state index contributed by atoms with van der Waals surface area (Å²) in [4.78, 5) is 18.6. The van der Waals surface area contributed by atoms with Gasteiger partial charge in [0.05, 0.1) is 10.1 Å². The minimum atomic E-state index is -0.175. The van der Waals surface area contributed by atoms with Gasteiger partial charge in [-0.15, -0.1) is 21.5 Å². The molecule has 8 heteroatoms. The number of benzene rings is 1. The van der Waals surface area contributed by atoms with E-state index in [1.165, 1.54) is 5.69 Å². The summed E-state index contributed by atoms with van der Waals surface area (Å²) in [5.74, 6) is 1.13. The zero-order valence-electron chi connectivity index (χ0n) is 17.0. The van der Waals surface area contributed by atoms with Crippen LogP contribution in [0.25, 0.3) is 10.7 Å². The number of aromatic nitrogens is 3. The lowest BCUT2D eigenvalue weighted by atomic mass is 10.2. The summed E-state index contributed by atoms with van der Waals surface area (Å²) in [6.07, 6.45) is 2.32. The molecule has 2 aliphatic rings. The van der Waals surface area contributed by atoms with E-state index in [1.54, 1.807) is 23.1 Å². The molecule has 156 valence electrons. The van der Waals surface area contributed by atoms with Gasteiger partial charge in [-0.25, -0.2) is 0 Å². The number of piperazine rings is 1. The fourth-order valence-electron chi connectivity index (χ4n) is 3.88. The Morgan fingerprint density at radius 2 is 1.83 bits per heavy atom. The lowest BCUT2D eigenvalue weighted by molar-refractivity contribution is -0.130. The molecule has 30 heavy (non-hydrogen) atoms. The van der Waals surface area contributed by atoms with Gasteiger partial charge in [0.25, 0.3) is 0 Å². The van der Waals surface area contributed by atoms with E-state index in [4.69, 9.17) is 0 Å². The number of thioether (sulfide) groups is 1. The van der Waals surface area contributed by atoms with E-state index >= 15 is 0 Å². The van der Waals surface area contributed by atoms with Crippen LogP contribution in [-0.4, -0.2) is 57.0 Å². The Labute approximate surface area is 184 Å². The molecule has 6 nitrogen and oxygen atoms in total. The van der Waals surface area contributed by atoms with E-state index in [-0.39, 0.29) is 11.2 Å². The van der Waals surface area contributed by atoms with Crippen LogP contribution in [0.2, 0.25) is 0 Å². The Balaban J connectivity index is 1.24. The Bertz CT molecular complexity index is 992. The van der Waals surface area contributed by atoms with Crippen molar-refractivity contribution >= 4 is 34.7 Å². The van der Waals surface area contributed by atoms with E-state index in [0.29, 0.717) is 6.04 Å². The van der Waals surface area contributed by atoms with Crippen LogP contribution in [-0.2, 0) is 4.79 Å². The minimum absolute atomic E-state index is 0.175. The van der Waals surface area contributed by atoms with Crippen molar-refractivity contribution in [3.05, 3.63) is 47.8 Å². The van der Waals surface area contributed by atoms with Gasteiger partial charge in [-0.05, 0) is 43.3 Å². The summed E-state index contributed by atoms with van der Waals surface area (Å²) in [6.45, 7) is 5.25. The summed E-state index contributed by atoms with van der Waals surface area (Å²) >= 11 is 3.23. The highest BCUT2D eigenvalue weighted by Crippen LogP contribution is 2.42. The number of para-hydroxylation sites is 1. The van der Waals surface area contributed by atoms with Crippen molar-refractivity contribution in [3.63, 3.8) is 0 Å². The zero-order chi connectivity index (χ0) is 20.5. The van der Waals surface area contributed by atoms with Crippen LogP contribution in [0.1, 0.15) is 25.8 Å². The first-order chi connectivity index (χ1) is 14.7. The van der Waals surface area contributed by atoms with Gasteiger partial charge >= 0.3 is 0 Å². The third-order valence-electron chi connectivity index (χ3n) is 5.66. The van der Waals surface area contributed by atoms with E-state index in [0.717, 1.165) is 54.9 Å². The Kier molecular flexibility index (Phi) is 5.52. The molecule has 3 aromatic rings. The number of carbonyl (C=O) groups is 1. The molecule has 0 bridgehead atoms. The van der Waals surface area contributed by atoms with Crippen LogP contribution in [0, 0.1) is 0 Å². The number of carbonyl (C=O) groups excluding carboxylic acids is 1. The maximum absolute atomic E-state index is 13.1. The predicted molar refractivity (Wildman–Crippen MR) is 122 cm³/mol. The Morgan fingerprint density at radius 3 is 2.50 bits per heavy atom. The van der Waals surface area contributed by atoms with Crippen LogP contribution in [0.5, 0.6) is 0 Å². The average Bonchev–Trinajstić information content (AvgIpc) is 3.31. The summed E-state index contributed by atoms with van der Waals surface area (Å²) in [5.41, 5.74) is 1.23. The second kappa shape index (κ2) is 8.43. The molecule has 2 fully saturated rings. The molecular formula is C22H25N5OS2. The fraction of sp³-hybridized carbons (Fsp3) is 0.409. The van der Waals surface area contributed by atoms with Crippen LogP contribution in [0.15, 0.2) is 53.0 Å². The molecule has 1 aliphatic carbocycles. The van der Waals surface area contributed by atoms with Crippen LogP contribution in [0.4, 0.5) is 5.69 Å². The van der Waals surface area contributed by atoms with Gasteiger partial charge in [0.15, 0.2) is 11.0 Å². The average molecular weight is 440 g/mol. The smallest absolute Gasteiger partial charge is 0.236 e. The summed E-state index contributed by atoms with van der Waals surface area (Å²) < 4.78 is 2.24. The van der Waals surface area contributed by atoms with E-state index in [9.17, 15) is 4.79 Å². The number of amides is 1. The van der Waals surface area contributed by atoms with Gasteiger partial charge in [0.1, 0.15) is 0 Å². The van der Waals surface area contributed by atoms with Crippen molar-refractivity contribution in [2.45, 2.75) is 36.2 Å². The summed E-state index contributed by atoms with van der Waals surface area (Å²) in [7, 11) is 0. The predicted octanol–water partition coefficient (Wildman–Crippen LogP) is 4.17. The van der Waals surface area contributed by atoms with E-state index in [2.05, 4.69) is 55.4 Å². The highest BCUT2D eigenvalue weighted by Gasteiger charge is 2.33. The van der Waals surface area contributed by atoms with Gasteiger partial charge in [-0.2, -0.15) is 0 Å². The Hall–Kier alpha value is -2.32. The largest absolute Gasteiger partial charge is 0.368 e. The second-order valence-corrected chi connectivity index (χ2v) is 10.0. The monoisotopic (exact) mass is 439 g/mol. The van der Waals surface area contributed by atoms with Crippen molar-refractivity contribution in [3.8, 4) is 10.7 Å². The summed E-state index contributed by atoms with van der Waals surface area (Å²) in [5, 5.41) is 11.7. The van der Waals surface area contributed by atoms with Crippen LogP contribution in [0.3, 0.4) is 0 Å². The Morgan fingerprint density at radius 1 is 1.07 bits per heavy atom. The van der Waals surface area contributed by atoms with Crippen molar-refractivity contribution in [2.75, 3.05) is 31.1 Å². The van der Waals surface area contributed by atoms with Crippen molar-refractivity contribution in [1.82, 2.24) is 19.7 Å². The SMILES string of the molecule is C[C@@H](Sc1nnc(-c2cccs2)n1C1CC1)C(=O)N1CCN(c2ccccc2)CC1. The zero-order valence-corrected chi connectivity index (χ0v) is 18.6. The quantitative estimate of drug-likeness (QED) is 0.540. The summed E-state index contributed by atoms with van der Waals surface area (Å²) in [6, 6.07) is 15.0. The van der Waals surface area contributed by atoms with E-state index in [1.807, 2.05) is 24.0 Å². The molecule has 1 atom stereocenters. The van der Waals surface area contributed by atoms with Gasteiger partial charge in [0, 0.05) is 37.9 Å². The molecule has 1 amide bonds. The molecular weight excluding hydrogens is 414 g/mol.